The lowest BCUT2D eigenvalue weighted by Gasteiger charge is -2.09. The molecule has 0 saturated heterocycles. The van der Waals surface area contributed by atoms with Crippen molar-refractivity contribution in [2.75, 3.05) is 19.0 Å². The second kappa shape index (κ2) is 11.1. The molecule has 0 unspecified atom stereocenters. The van der Waals surface area contributed by atoms with Crippen molar-refractivity contribution < 1.29 is 9.53 Å². The molecule has 0 atom stereocenters. The molecule has 10 heteroatoms. The number of carbonyl (C=O) groups is 1. The molecule has 1 aromatic carbocycles. The van der Waals surface area contributed by atoms with E-state index >= 15 is 0 Å². The molecule has 1 aromatic rings. The number of nitrogens with one attached hydrogen (secondary N) is 4. The topological polar surface area (TPSA) is 99.1 Å². The van der Waals surface area contributed by atoms with Gasteiger partial charge in [-0.05, 0) is 69.5 Å². The second-order valence-corrected chi connectivity index (χ2v) is 5.77. The van der Waals surface area contributed by atoms with Crippen LogP contribution in [0.4, 0.5) is 5.69 Å². The van der Waals surface area contributed by atoms with E-state index in [0.29, 0.717) is 33.8 Å². The maximum Gasteiger partial charge on any atom is 0.338 e. The number of hydrogen-bond donors (Lipinski definition) is 4. The van der Waals surface area contributed by atoms with E-state index in [1.54, 1.807) is 52.1 Å². The van der Waals surface area contributed by atoms with E-state index in [1.807, 2.05) is 0 Å². The largest absolute Gasteiger partial charge is 0.462 e. The van der Waals surface area contributed by atoms with Crippen LogP contribution in [0.3, 0.4) is 0 Å². The Bertz CT molecular complexity index is 716. The molecule has 0 bridgehead atoms. The van der Waals surface area contributed by atoms with Crippen molar-refractivity contribution in [2.24, 2.45) is 10.2 Å². The Hall–Kier alpha value is -2.59. The van der Waals surface area contributed by atoms with Crippen LogP contribution >= 0.6 is 24.4 Å². The smallest absolute Gasteiger partial charge is 0.338 e. The first-order chi connectivity index (χ1) is 12.4. The van der Waals surface area contributed by atoms with Gasteiger partial charge in [0, 0.05) is 12.7 Å². The number of carbonyl (C=O) groups excluding carboxylic acids is 1. The fraction of sp³-hybridized carbons (Fsp3) is 0.312. The first kappa shape index (κ1) is 21.5. The van der Waals surface area contributed by atoms with Gasteiger partial charge in [-0.15, -0.1) is 0 Å². The minimum absolute atomic E-state index is 0.305. The van der Waals surface area contributed by atoms with Gasteiger partial charge in [0.2, 0.25) is 0 Å². The monoisotopic (exact) mass is 394 g/mol. The highest BCUT2D eigenvalue weighted by Crippen LogP contribution is 2.10. The average molecular weight is 395 g/mol. The third-order valence-corrected chi connectivity index (χ3v) is 3.54. The number of benzene rings is 1. The van der Waals surface area contributed by atoms with E-state index in [4.69, 9.17) is 29.2 Å². The normalized spacial score (nSPS) is 11.4. The molecule has 0 aliphatic heterocycles. The van der Waals surface area contributed by atoms with Crippen molar-refractivity contribution in [1.82, 2.24) is 16.2 Å². The summed E-state index contributed by atoms with van der Waals surface area (Å²) in [5.41, 5.74) is 7.89. The molecular weight excluding hydrogens is 372 g/mol. The third-order valence-electron chi connectivity index (χ3n) is 3.05. The van der Waals surface area contributed by atoms with E-state index in [-0.39, 0.29) is 5.97 Å². The summed E-state index contributed by atoms with van der Waals surface area (Å²) < 4.78 is 4.93. The Labute approximate surface area is 163 Å². The minimum Gasteiger partial charge on any atom is -0.462 e. The van der Waals surface area contributed by atoms with E-state index in [1.165, 1.54) is 0 Å². The van der Waals surface area contributed by atoms with Crippen LogP contribution in [0.15, 0.2) is 34.5 Å². The first-order valence-corrected chi connectivity index (χ1v) is 8.59. The van der Waals surface area contributed by atoms with Crippen molar-refractivity contribution in [2.45, 2.75) is 20.8 Å². The molecule has 0 amide bonds. The van der Waals surface area contributed by atoms with Crippen LogP contribution in [0.1, 0.15) is 31.1 Å². The molecule has 140 valence electrons. The molecule has 0 aliphatic carbocycles. The number of anilines is 1. The van der Waals surface area contributed by atoms with Crippen LogP contribution in [0, 0.1) is 0 Å². The molecule has 0 saturated carbocycles. The Balaban J connectivity index is 2.58. The fourth-order valence-corrected chi connectivity index (χ4v) is 1.76. The Morgan fingerprint density at radius 2 is 1.58 bits per heavy atom. The van der Waals surface area contributed by atoms with Crippen molar-refractivity contribution in [3.8, 4) is 0 Å². The first-order valence-electron chi connectivity index (χ1n) is 7.78. The zero-order valence-corrected chi connectivity index (χ0v) is 16.7. The lowest BCUT2D eigenvalue weighted by molar-refractivity contribution is 0.0526. The van der Waals surface area contributed by atoms with Crippen LogP contribution < -0.4 is 21.5 Å². The third kappa shape index (κ3) is 7.53. The molecular formula is C16H22N6O2S2. The van der Waals surface area contributed by atoms with Crippen LogP contribution in [-0.2, 0) is 4.74 Å². The summed E-state index contributed by atoms with van der Waals surface area (Å²) in [6.07, 6.45) is 0. The fourth-order valence-electron chi connectivity index (χ4n) is 1.55. The standard InChI is InChI=1S/C16H22N6O2S2/c1-5-24-14(23)12-6-8-13(9-7-12)18-16(26)22-20-11(3)10(2)19-21-15(25)17-4/h6-9H,5H2,1-4H3,(H2,17,21,25)(H2,18,22,26)/b19-10+,20-11+. The zero-order chi connectivity index (χ0) is 19.5. The number of ether oxygens (including phenoxy) is 1. The van der Waals surface area contributed by atoms with Gasteiger partial charge in [-0.1, -0.05) is 0 Å². The van der Waals surface area contributed by atoms with Gasteiger partial charge in [-0.25, -0.2) is 4.79 Å². The molecule has 0 aromatic heterocycles. The maximum absolute atomic E-state index is 11.6. The molecule has 0 fully saturated rings. The molecule has 0 radical (unpaired) electrons. The van der Waals surface area contributed by atoms with Crippen LogP contribution in [-0.4, -0.2) is 41.3 Å². The van der Waals surface area contributed by atoms with Crippen LogP contribution in [0.25, 0.3) is 0 Å². The van der Waals surface area contributed by atoms with Gasteiger partial charge < -0.3 is 15.4 Å². The van der Waals surface area contributed by atoms with E-state index in [9.17, 15) is 4.79 Å². The second-order valence-electron chi connectivity index (χ2n) is 4.95. The molecule has 1 rings (SSSR count). The highest BCUT2D eigenvalue weighted by atomic mass is 32.1. The maximum atomic E-state index is 11.6. The van der Waals surface area contributed by atoms with Gasteiger partial charge in [0.1, 0.15) is 0 Å². The SMILES string of the molecule is CCOC(=O)c1ccc(NC(=S)N/N=C(C)/C(C)=N/NC(=S)NC)cc1. The quantitative estimate of drug-likeness (QED) is 0.252. The summed E-state index contributed by atoms with van der Waals surface area (Å²) >= 11 is 10.1. The number of nitrogens with zero attached hydrogens (tertiary/aromatic N) is 2. The summed E-state index contributed by atoms with van der Waals surface area (Å²) in [6.45, 7) is 5.67. The lowest BCUT2D eigenvalue weighted by Crippen LogP contribution is -2.30. The summed E-state index contributed by atoms with van der Waals surface area (Å²) in [7, 11) is 1.70. The molecule has 26 heavy (non-hydrogen) atoms. The van der Waals surface area contributed by atoms with E-state index in [0.717, 1.165) is 5.69 Å². The van der Waals surface area contributed by atoms with Gasteiger partial charge in [-0.2, -0.15) is 10.2 Å². The van der Waals surface area contributed by atoms with Gasteiger partial charge in [0.25, 0.3) is 0 Å². The van der Waals surface area contributed by atoms with Crippen LogP contribution in [0.2, 0.25) is 0 Å². The molecule has 0 heterocycles. The predicted octanol–water partition coefficient (Wildman–Crippen LogP) is 2.00. The molecule has 4 N–H and O–H groups in total. The van der Waals surface area contributed by atoms with Gasteiger partial charge in [0.05, 0.1) is 23.6 Å². The Morgan fingerprint density at radius 1 is 1.04 bits per heavy atom. The summed E-state index contributed by atoms with van der Waals surface area (Å²) in [5, 5.41) is 14.7. The van der Waals surface area contributed by atoms with Gasteiger partial charge in [-0.3, -0.25) is 10.9 Å². The van der Waals surface area contributed by atoms with E-state index in [2.05, 4.69) is 31.7 Å². The van der Waals surface area contributed by atoms with Crippen molar-refractivity contribution in [3.63, 3.8) is 0 Å². The van der Waals surface area contributed by atoms with Gasteiger partial charge >= 0.3 is 5.97 Å². The van der Waals surface area contributed by atoms with Gasteiger partial charge in [0.15, 0.2) is 10.2 Å². The summed E-state index contributed by atoms with van der Waals surface area (Å²) in [6, 6.07) is 6.77. The highest BCUT2D eigenvalue weighted by Gasteiger charge is 2.06. The highest BCUT2D eigenvalue weighted by molar-refractivity contribution is 7.80. The Morgan fingerprint density at radius 3 is 2.08 bits per heavy atom. The number of rotatable bonds is 6. The van der Waals surface area contributed by atoms with Crippen molar-refractivity contribution in [3.05, 3.63) is 29.8 Å². The van der Waals surface area contributed by atoms with Crippen LogP contribution in [0.5, 0.6) is 0 Å². The number of thiocarbonyl (C=S) groups is 2. The zero-order valence-electron chi connectivity index (χ0n) is 15.0. The summed E-state index contributed by atoms with van der Waals surface area (Å²) in [5.74, 6) is -0.360. The van der Waals surface area contributed by atoms with E-state index < -0.39 is 0 Å². The number of esters is 1. The molecule has 0 aliphatic rings. The van der Waals surface area contributed by atoms with Crippen molar-refractivity contribution >= 4 is 57.7 Å². The number of hydrogen-bond acceptors (Lipinski definition) is 6. The average Bonchev–Trinajstić information content (AvgIpc) is 2.64. The molecule has 8 nitrogen and oxygen atoms in total. The van der Waals surface area contributed by atoms with Crippen molar-refractivity contribution in [1.29, 1.82) is 0 Å². The minimum atomic E-state index is -0.360. The lowest BCUT2D eigenvalue weighted by atomic mass is 10.2. The Kier molecular flexibility index (Phi) is 9.17. The summed E-state index contributed by atoms with van der Waals surface area (Å²) in [4.78, 5) is 11.6. The predicted molar refractivity (Wildman–Crippen MR) is 113 cm³/mol. The molecule has 0 spiro atoms. The number of hydrazone groups is 2.